The summed E-state index contributed by atoms with van der Waals surface area (Å²) in [5.41, 5.74) is 7.93. The summed E-state index contributed by atoms with van der Waals surface area (Å²) in [5, 5.41) is 0. The second kappa shape index (κ2) is 5.94. The minimum Gasteiger partial charge on any atom is -0.327 e. The minimum atomic E-state index is -0.216. The van der Waals surface area contributed by atoms with Crippen molar-refractivity contribution in [2.24, 2.45) is 17.6 Å². The minimum absolute atomic E-state index is 0.150. The summed E-state index contributed by atoms with van der Waals surface area (Å²) >= 11 is 0. The highest BCUT2D eigenvalue weighted by Gasteiger charge is 2.16. The average Bonchev–Trinajstić information content (AvgIpc) is 2.02. The lowest BCUT2D eigenvalue weighted by molar-refractivity contribution is -0.138. The molecule has 0 saturated carbocycles. The number of hydrogen-bond donors (Lipinski definition) is 2. The van der Waals surface area contributed by atoms with Crippen molar-refractivity contribution >= 4 is 5.91 Å². The van der Waals surface area contributed by atoms with E-state index in [1.54, 1.807) is 13.8 Å². The number of amides is 1. The second-order valence-electron chi connectivity index (χ2n) is 3.82. The first-order chi connectivity index (χ1) is 5.95. The van der Waals surface area contributed by atoms with Gasteiger partial charge >= 0.3 is 0 Å². The van der Waals surface area contributed by atoms with Gasteiger partial charge in [0.05, 0.1) is 12.5 Å². The van der Waals surface area contributed by atoms with Gasteiger partial charge in [0.15, 0.2) is 0 Å². The molecule has 0 rings (SSSR count). The lowest BCUT2D eigenvalue weighted by atomic mass is 10.0. The first kappa shape index (κ1) is 12.4. The number of rotatable bonds is 5. The summed E-state index contributed by atoms with van der Waals surface area (Å²) in [5.74, 6) is 0.0359. The Morgan fingerprint density at radius 3 is 2.31 bits per heavy atom. The fourth-order valence-corrected chi connectivity index (χ4v) is 0.611. The number of carbonyl (C=O) groups excluding carboxylic acids is 1. The maximum atomic E-state index is 11.2. The molecule has 2 unspecified atom stereocenters. The Hall–Kier alpha value is -0.610. The summed E-state index contributed by atoms with van der Waals surface area (Å²) in [6, 6.07) is -0.150. The van der Waals surface area contributed by atoms with Crippen LogP contribution < -0.4 is 11.2 Å². The molecule has 0 aliphatic heterocycles. The summed E-state index contributed by atoms with van der Waals surface area (Å²) in [7, 11) is 0. The predicted octanol–water partition coefficient (Wildman–Crippen LogP) is 0.673. The summed E-state index contributed by atoms with van der Waals surface area (Å²) < 4.78 is 0. The Bertz CT molecular complexity index is 158. The quantitative estimate of drug-likeness (QED) is 0.623. The number of nitrogens with one attached hydrogen (secondary N) is 1. The van der Waals surface area contributed by atoms with Crippen molar-refractivity contribution in [3.63, 3.8) is 0 Å². The van der Waals surface area contributed by atoms with Gasteiger partial charge in [-0.25, -0.2) is 5.48 Å². The van der Waals surface area contributed by atoms with Crippen LogP contribution in [-0.2, 0) is 9.63 Å². The summed E-state index contributed by atoms with van der Waals surface area (Å²) in [4.78, 5) is 16.2. The molecule has 3 N–H and O–H groups in total. The van der Waals surface area contributed by atoms with Crippen molar-refractivity contribution in [3.05, 3.63) is 0 Å². The van der Waals surface area contributed by atoms with Gasteiger partial charge in [-0.1, -0.05) is 20.8 Å². The van der Waals surface area contributed by atoms with E-state index in [-0.39, 0.29) is 17.9 Å². The lowest BCUT2D eigenvalue weighted by Crippen LogP contribution is -2.39. The van der Waals surface area contributed by atoms with Gasteiger partial charge in [0.25, 0.3) is 0 Å². The van der Waals surface area contributed by atoms with E-state index in [2.05, 4.69) is 5.48 Å². The van der Waals surface area contributed by atoms with Gasteiger partial charge in [-0.05, 0) is 12.8 Å². The van der Waals surface area contributed by atoms with E-state index in [9.17, 15) is 4.79 Å². The summed E-state index contributed by atoms with van der Waals surface area (Å²) in [6.07, 6.45) is 0. The molecule has 0 spiro atoms. The van der Waals surface area contributed by atoms with Crippen molar-refractivity contribution in [2.45, 2.75) is 33.7 Å². The molecule has 4 heteroatoms. The van der Waals surface area contributed by atoms with Gasteiger partial charge in [-0.15, -0.1) is 0 Å². The van der Waals surface area contributed by atoms with Gasteiger partial charge in [-0.2, -0.15) is 0 Å². The third-order valence-electron chi connectivity index (χ3n) is 1.79. The molecule has 0 aliphatic rings. The van der Waals surface area contributed by atoms with Crippen LogP contribution in [0.25, 0.3) is 0 Å². The topological polar surface area (TPSA) is 64.3 Å². The van der Waals surface area contributed by atoms with Crippen LogP contribution >= 0.6 is 0 Å². The number of hydrogen-bond acceptors (Lipinski definition) is 3. The monoisotopic (exact) mass is 188 g/mol. The molecule has 13 heavy (non-hydrogen) atoms. The van der Waals surface area contributed by atoms with E-state index in [0.29, 0.717) is 12.5 Å². The molecular weight excluding hydrogens is 168 g/mol. The predicted molar refractivity (Wildman–Crippen MR) is 51.7 cm³/mol. The Balaban J connectivity index is 3.62. The van der Waals surface area contributed by atoms with E-state index in [4.69, 9.17) is 10.6 Å². The zero-order valence-electron chi connectivity index (χ0n) is 8.83. The van der Waals surface area contributed by atoms with Crippen molar-refractivity contribution in [1.29, 1.82) is 0 Å². The third kappa shape index (κ3) is 5.60. The van der Waals surface area contributed by atoms with Crippen LogP contribution in [-0.4, -0.2) is 18.6 Å². The van der Waals surface area contributed by atoms with E-state index < -0.39 is 0 Å². The van der Waals surface area contributed by atoms with Crippen molar-refractivity contribution < 1.29 is 9.63 Å². The molecule has 2 atom stereocenters. The van der Waals surface area contributed by atoms with E-state index >= 15 is 0 Å². The Kier molecular flexibility index (Phi) is 5.66. The highest BCUT2D eigenvalue weighted by molar-refractivity contribution is 5.77. The van der Waals surface area contributed by atoms with Crippen LogP contribution in [0.3, 0.4) is 0 Å². The normalized spacial score (nSPS) is 15.5. The molecule has 0 aromatic rings. The standard InChI is InChI=1S/C9H20N2O2/c1-6(2)5-13-11-9(12)7(3)8(4)10/h6-8H,5,10H2,1-4H3,(H,11,12). The largest absolute Gasteiger partial charge is 0.327 e. The molecule has 0 heterocycles. The molecule has 78 valence electrons. The average molecular weight is 188 g/mol. The van der Waals surface area contributed by atoms with Crippen LogP contribution in [0.15, 0.2) is 0 Å². The van der Waals surface area contributed by atoms with Crippen molar-refractivity contribution in [2.75, 3.05) is 6.61 Å². The van der Waals surface area contributed by atoms with Crippen molar-refractivity contribution in [1.82, 2.24) is 5.48 Å². The highest BCUT2D eigenvalue weighted by atomic mass is 16.6. The van der Waals surface area contributed by atoms with Crippen LogP contribution in [0, 0.1) is 11.8 Å². The van der Waals surface area contributed by atoms with E-state index in [0.717, 1.165) is 0 Å². The van der Waals surface area contributed by atoms with E-state index in [1.807, 2.05) is 13.8 Å². The molecule has 0 aliphatic carbocycles. The number of nitrogens with two attached hydrogens (primary N) is 1. The molecule has 0 fully saturated rings. The van der Waals surface area contributed by atoms with Crippen LogP contribution in [0.4, 0.5) is 0 Å². The maximum Gasteiger partial charge on any atom is 0.247 e. The molecule has 0 bridgehead atoms. The molecule has 4 nitrogen and oxygen atoms in total. The zero-order valence-corrected chi connectivity index (χ0v) is 8.83. The fraction of sp³-hybridized carbons (Fsp3) is 0.889. The molecule has 1 amide bonds. The second-order valence-corrected chi connectivity index (χ2v) is 3.82. The van der Waals surface area contributed by atoms with Gasteiger partial charge in [0.2, 0.25) is 5.91 Å². The highest BCUT2D eigenvalue weighted by Crippen LogP contribution is 1.99. The van der Waals surface area contributed by atoms with Gasteiger partial charge in [-0.3, -0.25) is 9.63 Å². The number of carbonyl (C=O) groups is 1. The first-order valence-corrected chi connectivity index (χ1v) is 4.62. The SMILES string of the molecule is CC(C)CONC(=O)C(C)C(C)N. The van der Waals surface area contributed by atoms with E-state index in [1.165, 1.54) is 0 Å². The fourth-order valence-electron chi connectivity index (χ4n) is 0.611. The Morgan fingerprint density at radius 2 is 1.92 bits per heavy atom. The maximum absolute atomic E-state index is 11.2. The van der Waals surface area contributed by atoms with Gasteiger partial charge in [0, 0.05) is 6.04 Å². The van der Waals surface area contributed by atoms with Gasteiger partial charge < -0.3 is 5.73 Å². The third-order valence-corrected chi connectivity index (χ3v) is 1.79. The van der Waals surface area contributed by atoms with Gasteiger partial charge in [0.1, 0.15) is 0 Å². The zero-order chi connectivity index (χ0) is 10.4. The lowest BCUT2D eigenvalue weighted by Gasteiger charge is -2.15. The molecule has 0 aromatic heterocycles. The Morgan fingerprint density at radius 1 is 1.38 bits per heavy atom. The summed E-state index contributed by atoms with van der Waals surface area (Å²) in [6.45, 7) is 8.13. The van der Waals surface area contributed by atoms with Crippen LogP contribution in [0.5, 0.6) is 0 Å². The van der Waals surface area contributed by atoms with Crippen molar-refractivity contribution in [3.8, 4) is 0 Å². The van der Waals surface area contributed by atoms with Crippen LogP contribution in [0.1, 0.15) is 27.7 Å². The number of hydroxylamine groups is 1. The molecule has 0 aromatic carbocycles. The Labute approximate surface area is 79.8 Å². The smallest absolute Gasteiger partial charge is 0.247 e. The van der Waals surface area contributed by atoms with Crippen LogP contribution in [0.2, 0.25) is 0 Å². The molecule has 0 radical (unpaired) electrons. The molecule has 0 saturated heterocycles. The molecular formula is C9H20N2O2. The first-order valence-electron chi connectivity index (χ1n) is 4.62.